The Morgan fingerprint density at radius 3 is 2.86 bits per heavy atom. The first kappa shape index (κ1) is 8.69. The van der Waals surface area contributed by atoms with Crippen LogP contribution >= 0.6 is 0 Å². The minimum atomic E-state index is 0.852. The van der Waals surface area contributed by atoms with Crippen LogP contribution in [0.3, 0.4) is 0 Å². The van der Waals surface area contributed by atoms with Gasteiger partial charge in [0.15, 0.2) is 0 Å². The summed E-state index contributed by atoms with van der Waals surface area (Å²) >= 11 is 0. The average molecular weight is 188 g/mol. The van der Waals surface area contributed by atoms with Gasteiger partial charge in [-0.05, 0) is 18.2 Å². The minimum absolute atomic E-state index is 0.852. The van der Waals surface area contributed by atoms with Crippen molar-refractivity contribution in [3.05, 3.63) is 42.7 Å². The van der Waals surface area contributed by atoms with Crippen LogP contribution < -0.4 is 10.1 Å². The third-order valence-electron chi connectivity index (χ3n) is 1.96. The topological polar surface area (TPSA) is 37.0 Å². The van der Waals surface area contributed by atoms with E-state index in [1.54, 1.807) is 7.11 Å². The molecule has 3 heteroatoms. The van der Waals surface area contributed by atoms with Crippen molar-refractivity contribution < 1.29 is 4.74 Å². The summed E-state index contributed by atoms with van der Waals surface area (Å²) in [5.41, 5.74) is 2.06. The largest absolute Gasteiger partial charge is 0.497 e. The van der Waals surface area contributed by atoms with Gasteiger partial charge in [0.2, 0.25) is 0 Å². The third-order valence-corrected chi connectivity index (χ3v) is 1.96. The molecule has 3 nitrogen and oxygen atoms in total. The van der Waals surface area contributed by atoms with E-state index >= 15 is 0 Å². The van der Waals surface area contributed by atoms with Crippen molar-refractivity contribution in [2.24, 2.45) is 0 Å². The number of nitrogens with one attached hydrogen (secondary N) is 2. The first-order valence-electron chi connectivity index (χ1n) is 4.42. The molecule has 1 aromatic carbocycles. The van der Waals surface area contributed by atoms with Crippen LogP contribution in [-0.2, 0) is 0 Å². The second-order valence-corrected chi connectivity index (χ2v) is 2.96. The summed E-state index contributed by atoms with van der Waals surface area (Å²) in [5.74, 6) is 0.852. The van der Waals surface area contributed by atoms with E-state index in [2.05, 4.69) is 10.3 Å². The highest BCUT2D eigenvalue weighted by atomic mass is 16.5. The standard InChI is InChI=1S/C11H12N2O/c1-14-11-4-2-3-9(7-11)13-10-5-6-12-8-10/h2-8,12-13H,1H3. The fourth-order valence-corrected chi connectivity index (χ4v) is 1.27. The summed E-state index contributed by atoms with van der Waals surface area (Å²) in [6, 6.07) is 9.79. The maximum Gasteiger partial charge on any atom is 0.120 e. The maximum absolute atomic E-state index is 5.13. The van der Waals surface area contributed by atoms with Crippen LogP contribution in [0.15, 0.2) is 42.7 Å². The van der Waals surface area contributed by atoms with Gasteiger partial charge >= 0.3 is 0 Å². The molecule has 0 aliphatic rings. The van der Waals surface area contributed by atoms with E-state index in [1.807, 2.05) is 42.7 Å². The van der Waals surface area contributed by atoms with Crippen LogP contribution in [0, 0.1) is 0 Å². The monoisotopic (exact) mass is 188 g/mol. The molecule has 0 spiro atoms. The lowest BCUT2D eigenvalue weighted by molar-refractivity contribution is 0.415. The number of ether oxygens (including phenoxy) is 1. The second-order valence-electron chi connectivity index (χ2n) is 2.96. The summed E-state index contributed by atoms with van der Waals surface area (Å²) in [7, 11) is 1.66. The summed E-state index contributed by atoms with van der Waals surface area (Å²) < 4.78 is 5.13. The van der Waals surface area contributed by atoms with Gasteiger partial charge in [0.1, 0.15) is 5.75 Å². The van der Waals surface area contributed by atoms with Crippen LogP contribution in [0.1, 0.15) is 0 Å². The second kappa shape index (κ2) is 3.87. The van der Waals surface area contributed by atoms with E-state index < -0.39 is 0 Å². The Hall–Kier alpha value is -1.90. The molecule has 0 atom stereocenters. The van der Waals surface area contributed by atoms with Crippen molar-refractivity contribution in [1.82, 2.24) is 4.98 Å². The van der Waals surface area contributed by atoms with Gasteiger partial charge in [0.05, 0.1) is 12.8 Å². The molecule has 2 aromatic rings. The van der Waals surface area contributed by atoms with Gasteiger partial charge in [-0.25, -0.2) is 0 Å². The van der Waals surface area contributed by atoms with E-state index in [0.717, 1.165) is 17.1 Å². The van der Waals surface area contributed by atoms with Gasteiger partial charge in [-0.15, -0.1) is 0 Å². The summed E-state index contributed by atoms with van der Waals surface area (Å²) in [6.45, 7) is 0. The predicted octanol–water partition coefficient (Wildman–Crippen LogP) is 2.77. The van der Waals surface area contributed by atoms with Crippen molar-refractivity contribution >= 4 is 11.4 Å². The van der Waals surface area contributed by atoms with Gasteiger partial charge in [-0.2, -0.15) is 0 Å². The molecule has 0 aliphatic heterocycles. The smallest absolute Gasteiger partial charge is 0.120 e. The molecule has 0 bridgehead atoms. The quantitative estimate of drug-likeness (QED) is 0.777. The molecule has 1 heterocycles. The summed E-state index contributed by atoms with van der Waals surface area (Å²) in [6.07, 6.45) is 3.78. The highest BCUT2D eigenvalue weighted by Crippen LogP contribution is 2.20. The zero-order valence-corrected chi connectivity index (χ0v) is 7.95. The molecule has 0 radical (unpaired) electrons. The van der Waals surface area contributed by atoms with Crippen LogP contribution in [-0.4, -0.2) is 12.1 Å². The number of H-pyrrole nitrogens is 1. The molecule has 72 valence electrons. The molecule has 2 rings (SSSR count). The normalized spacial score (nSPS) is 9.79. The summed E-state index contributed by atoms with van der Waals surface area (Å²) in [5, 5.41) is 3.25. The van der Waals surface area contributed by atoms with E-state index in [1.165, 1.54) is 0 Å². The Bertz CT molecular complexity index is 395. The Morgan fingerprint density at radius 1 is 1.21 bits per heavy atom. The number of hydrogen-bond donors (Lipinski definition) is 2. The maximum atomic E-state index is 5.13. The predicted molar refractivity (Wildman–Crippen MR) is 57.1 cm³/mol. The SMILES string of the molecule is COc1cccc(Nc2cc[nH]c2)c1. The molecule has 0 unspecified atom stereocenters. The van der Waals surface area contributed by atoms with Crippen molar-refractivity contribution in [3.63, 3.8) is 0 Å². The lowest BCUT2D eigenvalue weighted by Gasteiger charge is -2.05. The number of aromatic amines is 1. The molecule has 0 amide bonds. The average Bonchev–Trinajstić information content (AvgIpc) is 2.71. The number of benzene rings is 1. The van der Waals surface area contributed by atoms with Gasteiger partial charge in [0.25, 0.3) is 0 Å². The van der Waals surface area contributed by atoms with Crippen molar-refractivity contribution in [2.45, 2.75) is 0 Å². The first-order valence-corrected chi connectivity index (χ1v) is 4.42. The van der Waals surface area contributed by atoms with Crippen molar-refractivity contribution in [2.75, 3.05) is 12.4 Å². The van der Waals surface area contributed by atoms with Crippen LogP contribution in [0.5, 0.6) is 5.75 Å². The molecule has 0 aliphatic carbocycles. The minimum Gasteiger partial charge on any atom is -0.497 e. The van der Waals surface area contributed by atoms with Crippen molar-refractivity contribution in [1.29, 1.82) is 0 Å². The van der Waals surface area contributed by atoms with Gasteiger partial charge < -0.3 is 15.0 Å². The summed E-state index contributed by atoms with van der Waals surface area (Å²) in [4.78, 5) is 2.98. The van der Waals surface area contributed by atoms with E-state index in [0.29, 0.717) is 0 Å². The lowest BCUT2D eigenvalue weighted by atomic mass is 10.3. The molecule has 1 aromatic heterocycles. The van der Waals surface area contributed by atoms with Gasteiger partial charge in [-0.3, -0.25) is 0 Å². The molecule has 0 saturated heterocycles. The third kappa shape index (κ3) is 1.88. The number of methoxy groups -OCH3 is 1. The van der Waals surface area contributed by atoms with E-state index in [-0.39, 0.29) is 0 Å². The number of anilines is 2. The zero-order chi connectivity index (χ0) is 9.80. The Labute approximate surface area is 82.7 Å². The molecular weight excluding hydrogens is 176 g/mol. The fraction of sp³-hybridized carbons (Fsp3) is 0.0909. The fourth-order valence-electron chi connectivity index (χ4n) is 1.27. The highest BCUT2D eigenvalue weighted by Gasteiger charge is 1.96. The Morgan fingerprint density at radius 2 is 2.14 bits per heavy atom. The molecule has 14 heavy (non-hydrogen) atoms. The molecule has 0 saturated carbocycles. The first-order chi connectivity index (χ1) is 6.88. The lowest BCUT2D eigenvalue weighted by Crippen LogP contribution is -1.89. The van der Waals surface area contributed by atoms with Gasteiger partial charge in [0, 0.05) is 24.1 Å². The highest BCUT2D eigenvalue weighted by molar-refractivity contribution is 5.60. The van der Waals surface area contributed by atoms with Crippen LogP contribution in [0.4, 0.5) is 11.4 Å². The zero-order valence-electron chi connectivity index (χ0n) is 7.95. The van der Waals surface area contributed by atoms with Crippen LogP contribution in [0.2, 0.25) is 0 Å². The number of hydrogen-bond acceptors (Lipinski definition) is 2. The molecule has 0 fully saturated rings. The molecular formula is C11H12N2O. The number of aromatic nitrogens is 1. The van der Waals surface area contributed by atoms with Crippen molar-refractivity contribution in [3.8, 4) is 5.75 Å². The van der Waals surface area contributed by atoms with Crippen LogP contribution in [0.25, 0.3) is 0 Å². The van der Waals surface area contributed by atoms with E-state index in [9.17, 15) is 0 Å². The Balaban J connectivity index is 2.17. The molecule has 2 N–H and O–H groups in total. The van der Waals surface area contributed by atoms with Gasteiger partial charge in [-0.1, -0.05) is 6.07 Å². The Kier molecular flexibility index (Phi) is 2.40. The van der Waals surface area contributed by atoms with E-state index in [4.69, 9.17) is 4.74 Å². The number of rotatable bonds is 3.